The molecule has 0 spiro atoms. The molecule has 18 rings (SSSR count). The number of fused-ring (bicyclic) bond motifs is 9. The third-order valence-electron chi connectivity index (χ3n) is 17.8. The fraction of sp³-hybridized carbons (Fsp3) is 0.455. The summed E-state index contributed by atoms with van der Waals surface area (Å²) in [7, 11) is 6.61. The van der Waals surface area contributed by atoms with Crippen LogP contribution in [0.1, 0.15) is 178 Å². The summed E-state index contributed by atoms with van der Waals surface area (Å²) in [5.41, 5.74) is 2.50. The van der Waals surface area contributed by atoms with Gasteiger partial charge < -0.3 is 133 Å². The Morgan fingerprint density at radius 2 is 0.460 bits per heavy atom. The zero-order valence-electron chi connectivity index (χ0n) is 123. The van der Waals surface area contributed by atoms with Gasteiger partial charge in [0, 0.05) is 85.9 Å². The maximum absolute atomic E-state index is 8.08. The lowest BCUT2D eigenvalue weighted by molar-refractivity contribution is 0.173. The molecule has 9 unspecified atom stereocenters. The van der Waals surface area contributed by atoms with Crippen molar-refractivity contribution in [1.29, 1.82) is 0 Å². The van der Waals surface area contributed by atoms with Crippen molar-refractivity contribution in [2.24, 2.45) is 0 Å². The highest BCUT2D eigenvalue weighted by atomic mass is 16.7. The minimum absolute atomic E-state index is 0.00375. The number of benzene rings is 9. The first-order valence-electron chi connectivity index (χ1n) is 65.0. The lowest BCUT2D eigenvalue weighted by Gasteiger charge is -2.10. The standard InChI is InChI=1S/9C11H15NO2/c9*1-8(12-2)5-9-3-4-10-11(6-9)14-7-13-10/h9*3-4,6,8,12H,5,7H2,1-2H3/i2*2D3,3D,4D,6D,7D2;3D,4D,6D,7D2;2D3,3D,4D,6D;3D,4D,6D;2D3,5D2,7D2;5D2,7D2;2D3,5D2;5D2/hD4. The molecule has 684 valence electrons. The van der Waals surface area contributed by atoms with Crippen LogP contribution in [0.15, 0.2) is 163 Å². The van der Waals surface area contributed by atoms with Gasteiger partial charge in [0.15, 0.2) is 103 Å². The average molecular weight is 1790 g/mol. The van der Waals surface area contributed by atoms with Crippen LogP contribution in [0.5, 0.6) is 103 Å². The Morgan fingerprint density at radius 1 is 0.246 bits per heavy atom. The minimum Gasteiger partial charge on any atom is -0.454 e. The molecule has 0 aromatic heterocycles. The molecule has 9 heterocycles. The topological polar surface area (TPSA) is 274 Å². The Morgan fingerprint density at radius 3 is 0.754 bits per heavy atom. The summed E-state index contributed by atoms with van der Waals surface area (Å²) in [4.78, 5) is 0. The molecule has 0 saturated carbocycles. The highest BCUT2D eigenvalue weighted by Gasteiger charge is 2.23. The summed E-state index contributed by atoms with van der Waals surface area (Å²) in [6.45, 7) is -9.49. The van der Waals surface area contributed by atoms with E-state index in [1.54, 1.807) is 91.4 Å². The number of rotatable bonds is 27. The summed E-state index contributed by atoms with van der Waals surface area (Å²) in [5.74, 6) is 2.23. The van der Waals surface area contributed by atoms with Crippen molar-refractivity contribution >= 4 is 0 Å². The van der Waals surface area contributed by atoms with Gasteiger partial charge in [-0.1, -0.05) is 54.5 Å². The van der Waals surface area contributed by atoms with E-state index in [1.165, 1.54) is 68.6 Å². The van der Waals surface area contributed by atoms with Crippen LogP contribution in [-0.2, 0) is 57.6 Å². The van der Waals surface area contributed by atoms with Gasteiger partial charge in [0.05, 0.1) is 20.6 Å². The van der Waals surface area contributed by atoms with E-state index in [9.17, 15) is 0 Å². The van der Waals surface area contributed by atoms with Crippen molar-refractivity contribution in [3.05, 3.63) is 214 Å². The van der Waals surface area contributed by atoms with Crippen molar-refractivity contribution in [1.82, 2.24) is 47.8 Å². The highest BCUT2D eigenvalue weighted by Crippen LogP contribution is 2.40. The van der Waals surface area contributed by atoms with Crippen molar-refractivity contribution in [2.75, 3.05) is 124 Å². The van der Waals surface area contributed by atoms with Crippen LogP contribution < -0.4 is 133 Å². The van der Waals surface area contributed by atoms with E-state index in [2.05, 4.69) is 26.6 Å². The number of ether oxygens (including phenoxy) is 18. The molecule has 9 aromatic carbocycles. The number of hydrogen-bond donors (Lipinski definition) is 9. The number of likely N-dealkylation sites (N-methyl/N-ethyl adjacent to an activating group) is 9. The van der Waals surface area contributed by atoms with Crippen molar-refractivity contribution < 1.29 is 157 Å². The van der Waals surface area contributed by atoms with Crippen LogP contribution in [0.25, 0.3) is 0 Å². The summed E-state index contributed by atoms with van der Waals surface area (Å²) in [6.07, 6.45) is -6.40. The van der Waals surface area contributed by atoms with Crippen LogP contribution in [0, 0.1) is 0 Å². The molecule has 126 heavy (non-hydrogen) atoms. The quantitative estimate of drug-likeness (QED) is 0.0231. The molecule has 9 atom stereocenters. The molecule has 0 aliphatic carbocycles. The Hall–Kier alpha value is -11.0. The normalized spacial score (nSPS) is 24.7. The SMILES string of the molecule is [2H]C([2H])([2H])NC(C)C([2H])([2H])c1ccc2c(c1)OC([2H])([2H])O2.[2H]C([2H])([2H])NC(C)C([2H])([2H])c1ccc2c(c1)OCO2.[2H]C([2H])(c1ccc2c(c1)OCO2)C(C)NC.[2H]C1([2H])Oc2ccc(C([2H])([2H])C(C)NC)cc2O1.[2H]c1c([2H])c2c(c([2H])c1CC(C)N([2H])C([2H])([2H])[2H])OC([2H])([2H])O2.[2H]c1c([2H])c2c(c([2H])c1CC(C)N([2H])C([2H])([2H])[2H])OCO2.[2H]c1c([2H])c2c(c([2H])c1CC(C)N([2H])C)OC([2H])([2H])O2.[2H]c1c([2H])c2c(c([2H])c1CC(C)N([2H])C)OCO2.[2H]c1c([2H])c2c(c([2H])c1CC(C)NC([2H])([2H])[2H])OC([2H])([2H])O2. The third-order valence-corrected chi connectivity index (χ3v) is 17.8. The van der Waals surface area contributed by atoms with Gasteiger partial charge in [-0.05, 0) is 342 Å². The smallest absolute Gasteiger partial charge is 0.231 e. The van der Waals surface area contributed by atoms with E-state index < -0.39 is 130 Å². The molecule has 9 N–H and O–H groups in total. The molecule has 27 nitrogen and oxygen atoms in total. The van der Waals surface area contributed by atoms with E-state index in [4.69, 9.17) is 157 Å². The van der Waals surface area contributed by atoms with Crippen molar-refractivity contribution in [3.8, 4) is 103 Å². The van der Waals surface area contributed by atoms with Gasteiger partial charge >= 0.3 is 0 Å². The molecule has 9 aliphatic rings. The van der Waals surface area contributed by atoms with Crippen molar-refractivity contribution in [2.45, 2.75) is 174 Å². The summed E-state index contributed by atoms with van der Waals surface area (Å²) in [5, 5.41) is 16.0. The largest absolute Gasteiger partial charge is 0.454 e. The summed E-state index contributed by atoms with van der Waals surface area (Å²) < 4.78 is 485. The minimum atomic E-state index is -2.65. The fourth-order valence-electron chi connectivity index (χ4n) is 10.8. The Labute approximate surface area is 819 Å². The average Bonchev–Trinajstić information content (AvgIpc) is 1.60. The molecular formula is C99H135N9O18. The first-order chi connectivity index (χ1) is 81.4. The van der Waals surface area contributed by atoms with Gasteiger partial charge in [0.2, 0.25) is 60.9 Å². The molecule has 0 saturated heterocycles. The lowest BCUT2D eigenvalue weighted by Crippen LogP contribution is -2.23. The van der Waals surface area contributed by atoms with E-state index in [0.29, 0.717) is 62.3 Å². The third kappa shape index (κ3) is 31.0. The second-order valence-electron chi connectivity index (χ2n) is 27.8. The molecule has 0 amide bonds. The second kappa shape index (κ2) is 51.0. The summed E-state index contributed by atoms with van der Waals surface area (Å²) >= 11 is 0. The first kappa shape index (κ1) is 48.3. The predicted octanol–water partition coefficient (Wildman–Crippen LogP) is 14.1. The molecule has 0 fully saturated rings. The number of hydrogen-bond acceptors (Lipinski definition) is 27. The maximum Gasteiger partial charge on any atom is 0.231 e. The van der Waals surface area contributed by atoms with Crippen LogP contribution in [0.4, 0.5) is 0 Å². The van der Waals surface area contributed by atoms with E-state index in [-0.39, 0.29) is 270 Å². The predicted molar refractivity (Wildman–Crippen MR) is 493 cm³/mol. The maximum atomic E-state index is 8.08. The Bertz CT molecular complexity index is 7380. The molecule has 9 aromatic rings. The zero-order chi connectivity index (χ0) is 135. The van der Waals surface area contributed by atoms with Crippen LogP contribution >= 0.6 is 0 Å². The Balaban J connectivity index is 0.000000201. The number of nitrogens with one attached hydrogen (secondary N) is 9. The van der Waals surface area contributed by atoms with Gasteiger partial charge in [-0.2, -0.15) is 0 Å². The van der Waals surface area contributed by atoms with Crippen LogP contribution in [-0.4, -0.2) is 178 Å². The highest BCUT2D eigenvalue weighted by molar-refractivity contribution is 5.51. The van der Waals surface area contributed by atoms with E-state index in [1.807, 2.05) is 13.8 Å². The molecule has 9 aliphatic heterocycles. The van der Waals surface area contributed by atoms with E-state index >= 15 is 0 Å². The zero-order valence-corrected chi connectivity index (χ0v) is 71.1. The van der Waals surface area contributed by atoms with Crippen LogP contribution in [0.3, 0.4) is 0 Å². The lowest BCUT2D eigenvalue weighted by atomic mass is 10.1. The van der Waals surface area contributed by atoms with Gasteiger partial charge in [0.1, 0.15) is 19.4 Å². The Kier molecular flexibility index (Phi) is 19.5. The molecule has 27 heteroatoms. The van der Waals surface area contributed by atoms with Crippen LogP contribution in [0.2, 0.25) is 5.65 Å². The molecule has 0 radical (unpaired) electrons. The molecule has 0 bridgehead atoms. The van der Waals surface area contributed by atoms with Gasteiger partial charge in [0.25, 0.3) is 0 Å². The first-order valence-corrected chi connectivity index (χ1v) is 39.2. The second-order valence-corrected chi connectivity index (χ2v) is 27.8. The van der Waals surface area contributed by atoms with E-state index in [0.717, 1.165) is 0 Å². The van der Waals surface area contributed by atoms with Gasteiger partial charge in [-0.3, -0.25) is 0 Å². The van der Waals surface area contributed by atoms with Crippen molar-refractivity contribution in [3.63, 3.8) is 0 Å². The monoisotopic (exact) mass is 1790 g/mol. The van der Waals surface area contributed by atoms with Gasteiger partial charge in [-0.25, -0.2) is 0 Å². The fourth-order valence-corrected chi connectivity index (χ4v) is 10.8. The molecular weight excluding hydrogens is 1600 g/mol. The van der Waals surface area contributed by atoms with Gasteiger partial charge in [-0.15, -0.1) is 0 Å². The summed E-state index contributed by atoms with van der Waals surface area (Å²) in [6, 6.07) is 10.4.